The Morgan fingerprint density at radius 3 is 2.58 bits per heavy atom. The number of esters is 1. The summed E-state index contributed by atoms with van der Waals surface area (Å²) in [6.45, 7) is 9.39. The van der Waals surface area contributed by atoms with Gasteiger partial charge in [0.1, 0.15) is 10.0 Å². The Balaban J connectivity index is 1.40. The van der Waals surface area contributed by atoms with Crippen LogP contribution in [0.2, 0.25) is 0 Å². The molecular weight excluding hydrogens is 492 g/mol. The molecular formula is C27H34N4O3S2. The lowest BCUT2D eigenvalue weighted by molar-refractivity contribution is 0.0526. The molecule has 0 unspecified atom stereocenters. The number of carbonyl (C=O) groups excluding carboxylic acids is 2. The lowest BCUT2D eigenvalue weighted by atomic mass is 9.95. The molecule has 36 heavy (non-hydrogen) atoms. The number of nitrogens with one attached hydrogen (secondary N) is 2. The first-order valence-corrected chi connectivity index (χ1v) is 14.5. The number of likely N-dealkylation sites (N-methyl/N-ethyl adjacent to an activating group) is 1. The van der Waals surface area contributed by atoms with E-state index in [0.29, 0.717) is 17.2 Å². The van der Waals surface area contributed by atoms with Gasteiger partial charge >= 0.3 is 12.0 Å². The first-order valence-electron chi connectivity index (χ1n) is 12.9. The van der Waals surface area contributed by atoms with Crippen molar-refractivity contribution in [1.82, 2.24) is 14.8 Å². The van der Waals surface area contributed by atoms with Crippen LogP contribution in [-0.2, 0) is 30.5 Å². The van der Waals surface area contributed by atoms with Crippen LogP contribution in [0.15, 0.2) is 24.5 Å². The summed E-state index contributed by atoms with van der Waals surface area (Å²) in [6, 6.07) is 3.58. The fourth-order valence-electron chi connectivity index (χ4n) is 5.33. The number of urea groups is 1. The molecule has 0 bridgehead atoms. The molecule has 2 amide bonds. The van der Waals surface area contributed by atoms with Crippen molar-refractivity contribution in [3.63, 3.8) is 0 Å². The molecule has 0 saturated carbocycles. The second kappa shape index (κ2) is 10.8. The van der Waals surface area contributed by atoms with Gasteiger partial charge in [0.25, 0.3) is 0 Å². The molecule has 5 rings (SSSR count). The number of nitrogens with zero attached hydrogens (tertiary/aromatic N) is 2. The molecule has 2 N–H and O–H groups in total. The highest BCUT2D eigenvalue weighted by molar-refractivity contribution is 7.17. The average molecular weight is 527 g/mol. The van der Waals surface area contributed by atoms with Crippen molar-refractivity contribution in [2.24, 2.45) is 0 Å². The van der Waals surface area contributed by atoms with Crippen LogP contribution in [0.1, 0.15) is 76.5 Å². The van der Waals surface area contributed by atoms with Gasteiger partial charge in [-0.2, -0.15) is 0 Å². The fraction of sp³-hybridized carbons (Fsp3) is 0.481. The monoisotopic (exact) mass is 526 g/mol. The van der Waals surface area contributed by atoms with Crippen molar-refractivity contribution in [2.75, 3.05) is 25.0 Å². The maximum absolute atomic E-state index is 13.2. The van der Waals surface area contributed by atoms with Gasteiger partial charge in [0.2, 0.25) is 0 Å². The van der Waals surface area contributed by atoms with Crippen molar-refractivity contribution in [3.05, 3.63) is 56.5 Å². The number of fused-ring (bicyclic) bond motifs is 2. The summed E-state index contributed by atoms with van der Waals surface area (Å²) in [5, 5.41) is 7.94. The van der Waals surface area contributed by atoms with E-state index in [1.165, 1.54) is 32.2 Å². The second-order valence-electron chi connectivity index (χ2n) is 9.39. The molecule has 3 aromatic rings. The van der Waals surface area contributed by atoms with Crippen LogP contribution in [0, 0.1) is 0 Å². The summed E-state index contributed by atoms with van der Waals surface area (Å²) in [5.41, 5.74) is 4.14. The Morgan fingerprint density at radius 2 is 1.83 bits per heavy atom. The second-order valence-corrected chi connectivity index (χ2v) is 11.6. The third-order valence-corrected chi connectivity index (χ3v) is 9.56. The van der Waals surface area contributed by atoms with Crippen molar-refractivity contribution in [2.45, 2.75) is 65.5 Å². The van der Waals surface area contributed by atoms with Gasteiger partial charge in [-0.1, -0.05) is 6.92 Å². The first kappa shape index (κ1) is 25.0. The van der Waals surface area contributed by atoms with Gasteiger partial charge in [0, 0.05) is 40.8 Å². The van der Waals surface area contributed by atoms with Crippen LogP contribution >= 0.6 is 22.7 Å². The number of ether oxygens (including phenoxy) is 1. The van der Waals surface area contributed by atoms with Gasteiger partial charge in [-0.15, -0.1) is 22.7 Å². The number of aryl methyl sites for hydroxylation is 1. The first-order chi connectivity index (χ1) is 17.5. The molecule has 4 heterocycles. The Bertz CT molecular complexity index is 1240. The molecule has 0 radical (unpaired) electrons. The van der Waals surface area contributed by atoms with Crippen molar-refractivity contribution >= 4 is 39.7 Å². The minimum atomic E-state index is -0.345. The van der Waals surface area contributed by atoms with E-state index in [0.717, 1.165) is 62.3 Å². The Kier molecular flexibility index (Phi) is 7.50. The number of rotatable bonds is 7. The molecule has 2 aliphatic rings. The molecule has 0 spiro atoms. The SMILES string of the molecule is CCOC(=O)c1c(NC(=O)N[C@H](C)c2c(-n3cccc3)sc3c2CCN(CC)C3)sc2c1CCCC2. The molecule has 9 heteroatoms. The van der Waals surface area contributed by atoms with Crippen molar-refractivity contribution in [1.29, 1.82) is 0 Å². The zero-order valence-electron chi connectivity index (χ0n) is 21.2. The number of hydrogen-bond acceptors (Lipinski definition) is 6. The zero-order valence-corrected chi connectivity index (χ0v) is 22.8. The van der Waals surface area contributed by atoms with Gasteiger partial charge in [0.05, 0.1) is 18.2 Å². The molecule has 192 valence electrons. The van der Waals surface area contributed by atoms with Gasteiger partial charge in [-0.05, 0) is 75.8 Å². The van der Waals surface area contributed by atoms with Crippen LogP contribution in [0.25, 0.3) is 5.00 Å². The summed E-state index contributed by atoms with van der Waals surface area (Å²) in [4.78, 5) is 31.1. The third kappa shape index (κ3) is 4.84. The standard InChI is InChI=1S/C27H34N4O3S2/c1-4-30-15-12-19-21(16-30)36-25(31-13-8-9-14-31)22(19)17(3)28-27(33)29-24-23(26(32)34-5-2)18-10-6-7-11-20(18)35-24/h8-9,13-14,17H,4-7,10-12,15-16H2,1-3H3,(H2,28,29,33)/t17-/m1/s1. The lowest BCUT2D eigenvalue weighted by Crippen LogP contribution is -2.33. The Morgan fingerprint density at radius 1 is 1.06 bits per heavy atom. The molecule has 1 atom stereocenters. The number of aromatic nitrogens is 1. The summed E-state index contributed by atoms with van der Waals surface area (Å²) < 4.78 is 7.49. The van der Waals surface area contributed by atoms with Crippen molar-refractivity contribution < 1.29 is 14.3 Å². The van der Waals surface area contributed by atoms with E-state index in [2.05, 4.69) is 39.4 Å². The maximum Gasteiger partial charge on any atom is 0.341 e. The van der Waals surface area contributed by atoms with E-state index < -0.39 is 0 Å². The Labute approximate surface area is 220 Å². The average Bonchev–Trinajstić information content (AvgIpc) is 3.60. The Hall–Kier alpha value is -2.62. The van der Waals surface area contributed by atoms with E-state index in [1.807, 2.05) is 37.3 Å². The minimum absolute atomic E-state index is 0.184. The largest absolute Gasteiger partial charge is 0.462 e. The quantitative estimate of drug-likeness (QED) is 0.375. The normalized spacial score (nSPS) is 16.2. The fourth-order valence-corrected chi connectivity index (χ4v) is 8.05. The molecule has 0 fully saturated rings. The number of hydrogen-bond donors (Lipinski definition) is 2. The molecule has 0 aromatic carbocycles. The van der Waals surface area contributed by atoms with Gasteiger partial charge in [-0.25, -0.2) is 9.59 Å². The molecule has 3 aromatic heterocycles. The summed E-state index contributed by atoms with van der Waals surface area (Å²) in [7, 11) is 0. The number of carbonyl (C=O) groups is 2. The molecule has 1 aliphatic carbocycles. The van der Waals surface area contributed by atoms with Crippen LogP contribution in [-0.4, -0.2) is 41.2 Å². The highest BCUT2D eigenvalue weighted by atomic mass is 32.1. The van der Waals surface area contributed by atoms with E-state index >= 15 is 0 Å². The predicted molar refractivity (Wildman–Crippen MR) is 146 cm³/mol. The molecule has 7 nitrogen and oxygen atoms in total. The summed E-state index contributed by atoms with van der Waals surface area (Å²) in [5.74, 6) is -0.345. The van der Waals surface area contributed by atoms with Crippen LogP contribution < -0.4 is 10.6 Å². The summed E-state index contributed by atoms with van der Waals surface area (Å²) >= 11 is 3.33. The van der Waals surface area contributed by atoms with Crippen LogP contribution in [0.3, 0.4) is 0 Å². The lowest BCUT2D eigenvalue weighted by Gasteiger charge is -2.26. The topological polar surface area (TPSA) is 75.6 Å². The number of anilines is 1. The smallest absolute Gasteiger partial charge is 0.341 e. The highest BCUT2D eigenvalue weighted by Gasteiger charge is 2.30. The van der Waals surface area contributed by atoms with Gasteiger partial charge < -0.3 is 14.6 Å². The minimum Gasteiger partial charge on any atom is -0.462 e. The summed E-state index contributed by atoms with van der Waals surface area (Å²) in [6.07, 6.45) is 9.07. The van der Waals surface area contributed by atoms with E-state index in [9.17, 15) is 9.59 Å². The highest BCUT2D eigenvalue weighted by Crippen LogP contribution is 2.40. The third-order valence-electron chi connectivity index (χ3n) is 7.10. The maximum atomic E-state index is 13.2. The van der Waals surface area contributed by atoms with E-state index in [-0.39, 0.29) is 18.0 Å². The zero-order chi connectivity index (χ0) is 25.2. The predicted octanol–water partition coefficient (Wildman–Crippen LogP) is 5.92. The molecule has 0 saturated heterocycles. The van der Waals surface area contributed by atoms with Gasteiger partial charge in [0.15, 0.2) is 0 Å². The molecule has 1 aliphatic heterocycles. The van der Waals surface area contributed by atoms with Crippen LogP contribution in [0.5, 0.6) is 0 Å². The van der Waals surface area contributed by atoms with E-state index in [4.69, 9.17) is 4.74 Å². The number of thiophene rings is 2. The van der Waals surface area contributed by atoms with Crippen LogP contribution in [0.4, 0.5) is 9.80 Å². The number of amides is 2. The van der Waals surface area contributed by atoms with Crippen molar-refractivity contribution in [3.8, 4) is 5.00 Å². The van der Waals surface area contributed by atoms with E-state index in [1.54, 1.807) is 0 Å². The van der Waals surface area contributed by atoms with Gasteiger partial charge in [-0.3, -0.25) is 10.2 Å².